The van der Waals surface area contributed by atoms with Gasteiger partial charge in [-0.05, 0) is 13.0 Å². The first-order valence-electron chi connectivity index (χ1n) is 4.05. The molecule has 0 aromatic carbocycles. The third-order valence-electron chi connectivity index (χ3n) is 1.69. The lowest BCUT2D eigenvalue weighted by molar-refractivity contribution is 0.291. The van der Waals surface area contributed by atoms with Gasteiger partial charge in [0.05, 0.1) is 18.0 Å². The number of hydrogen-bond donors (Lipinski definition) is 2. The maximum atomic E-state index is 8.53. The summed E-state index contributed by atoms with van der Waals surface area (Å²) in [4.78, 5) is 0. The zero-order valence-corrected chi connectivity index (χ0v) is 7.54. The minimum atomic E-state index is 0.177. The molecule has 0 saturated carbocycles. The Hall–Kier alpha value is -0.870. The molecule has 0 aliphatic carbocycles. The van der Waals surface area contributed by atoms with E-state index in [2.05, 4.69) is 10.4 Å². The highest BCUT2D eigenvalue weighted by molar-refractivity contribution is 5.07. The molecule has 68 valence electrons. The lowest BCUT2D eigenvalue weighted by atomic mass is 10.3. The van der Waals surface area contributed by atoms with Crippen molar-refractivity contribution in [2.75, 3.05) is 13.2 Å². The van der Waals surface area contributed by atoms with Crippen molar-refractivity contribution in [1.29, 1.82) is 0 Å². The quantitative estimate of drug-likeness (QED) is 0.614. The van der Waals surface area contributed by atoms with Crippen molar-refractivity contribution in [3.63, 3.8) is 0 Å². The fraction of sp³-hybridized carbons (Fsp3) is 0.625. The van der Waals surface area contributed by atoms with Gasteiger partial charge in [-0.2, -0.15) is 5.10 Å². The third-order valence-corrected chi connectivity index (χ3v) is 1.69. The molecule has 12 heavy (non-hydrogen) atoms. The number of aromatic nitrogens is 2. The van der Waals surface area contributed by atoms with Gasteiger partial charge >= 0.3 is 0 Å². The highest BCUT2D eigenvalue weighted by atomic mass is 16.3. The van der Waals surface area contributed by atoms with E-state index in [9.17, 15) is 0 Å². The van der Waals surface area contributed by atoms with E-state index >= 15 is 0 Å². The molecule has 4 heteroatoms. The van der Waals surface area contributed by atoms with Gasteiger partial charge in [0.25, 0.3) is 0 Å². The zero-order valence-electron chi connectivity index (χ0n) is 7.54. The molecule has 1 rings (SSSR count). The van der Waals surface area contributed by atoms with Crippen LogP contribution in [0.25, 0.3) is 0 Å². The van der Waals surface area contributed by atoms with Gasteiger partial charge in [-0.25, -0.2) is 0 Å². The van der Waals surface area contributed by atoms with E-state index in [0.717, 1.165) is 17.9 Å². The van der Waals surface area contributed by atoms with E-state index in [1.165, 1.54) is 0 Å². The molecule has 0 amide bonds. The first-order valence-corrected chi connectivity index (χ1v) is 4.05. The molecule has 0 radical (unpaired) electrons. The van der Waals surface area contributed by atoms with Crippen LogP contribution in [0.3, 0.4) is 0 Å². The standard InChI is InChI=1S/C8H15N3O/c1-7-5-8(11(2)10-7)6-9-3-4-12/h5,9,12H,3-4,6H2,1-2H3. The Labute approximate surface area is 72.2 Å². The van der Waals surface area contributed by atoms with Crippen LogP contribution in [0, 0.1) is 6.92 Å². The van der Waals surface area contributed by atoms with Gasteiger partial charge in [0, 0.05) is 20.1 Å². The first kappa shape index (κ1) is 9.22. The van der Waals surface area contributed by atoms with Crippen molar-refractivity contribution in [3.8, 4) is 0 Å². The van der Waals surface area contributed by atoms with E-state index in [1.807, 2.05) is 24.7 Å². The highest BCUT2D eigenvalue weighted by Gasteiger charge is 1.99. The lowest BCUT2D eigenvalue weighted by Gasteiger charge is -2.01. The topological polar surface area (TPSA) is 50.1 Å². The van der Waals surface area contributed by atoms with Gasteiger partial charge in [0.1, 0.15) is 0 Å². The molecular weight excluding hydrogens is 154 g/mol. The van der Waals surface area contributed by atoms with Gasteiger partial charge in [0.15, 0.2) is 0 Å². The van der Waals surface area contributed by atoms with Gasteiger partial charge in [-0.3, -0.25) is 4.68 Å². The smallest absolute Gasteiger partial charge is 0.0597 e. The van der Waals surface area contributed by atoms with Crippen LogP contribution < -0.4 is 5.32 Å². The summed E-state index contributed by atoms with van der Waals surface area (Å²) in [6.07, 6.45) is 0. The monoisotopic (exact) mass is 169 g/mol. The van der Waals surface area contributed by atoms with E-state index in [0.29, 0.717) is 6.54 Å². The summed E-state index contributed by atoms with van der Waals surface area (Å²) in [5, 5.41) is 15.8. The SMILES string of the molecule is Cc1cc(CNCCO)n(C)n1. The first-order chi connectivity index (χ1) is 5.74. The van der Waals surface area contributed by atoms with Gasteiger partial charge in [-0.1, -0.05) is 0 Å². The third kappa shape index (κ3) is 2.32. The van der Waals surface area contributed by atoms with Gasteiger partial charge < -0.3 is 10.4 Å². The fourth-order valence-corrected chi connectivity index (χ4v) is 1.13. The molecule has 0 saturated heterocycles. The fourth-order valence-electron chi connectivity index (χ4n) is 1.13. The summed E-state index contributed by atoms with van der Waals surface area (Å²) in [5.41, 5.74) is 2.17. The Morgan fingerprint density at radius 3 is 2.92 bits per heavy atom. The Balaban J connectivity index is 2.45. The normalized spacial score (nSPS) is 10.6. The Kier molecular flexibility index (Phi) is 3.25. The molecule has 1 heterocycles. The van der Waals surface area contributed by atoms with Crippen molar-refractivity contribution in [3.05, 3.63) is 17.5 Å². The molecule has 4 nitrogen and oxygen atoms in total. The van der Waals surface area contributed by atoms with E-state index in [4.69, 9.17) is 5.11 Å². The van der Waals surface area contributed by atoms with Crippen molar-refractivity contribution in [2.45, 2.75) is 13.5 Å². The summed E-state index contributed by atoms with van der Waals surface area (Å²) in [6.45, 7) is 3.54. The van der Waals surface area contributed by atoms with E-state index in [-0.39, 0.29) is 6.61 Å². The Morgan fingerprint density at radius 1 is 1.67 bits per heavy atom. The Bertz CT molecular complexity index is 244. The number of nitrogens with zero attached hydrogens (tertiary/aromatic N) is 2. The van der Waals surface area contributed by atoms with Gasteiger partial charge in [-0.15, -0.1) is 0 Å². The lowest BCUT2D eigenvalue weighted by Crippen LogP contribution is -2.19. The van der Waals surface area contributed by atoms with E-state index < -0.39 is 0 Å². The zero-order chi connectivity index (χ0) is 8.97. The molecule has 0 bridgehead atoms. The van der Waals surface area contributed by atoms with Crippen molar-refractivity contribution in [2.24, 2.45) is 7.05 Å². The highest BCUT2D eigenvalue weighted by Crippen LogP contribution is 2.00. The number of aliphatic hydroxyl groups is 1. The van der Waals surface area contributed by atoms with Gasteiger partial charge in [0.2, 0.25) is 0 Å². The van der Waals surface area contributed by atoms with E-state index in [1.54, 1.807) is 0 Å². The molecule has 0 fully saturated rings. The number of hydrogen-bond acceptors (Lipinski definition) is 3. The second-order valence-corrected chi connectivity index (χ2v) is 2.80. The van der Waals surface area contributed by atoms with Crippen LogP contribution in [-0.4, -0.2) is 28.0 Å². The molecule has 0 unspecified atom stereocenters. The number of aliphatic hydroxyl groups excluding tert-OH is 1. The average molecular weight is 169 g/mol. The molecule has 1 aromatic rings. The Morgan fingerprint density at radius 2 is 2.42 bits per heavy atom. The summed E-state index contributed by atoms with van der Waals surface area (Å²) >= 11 is 0. The molecule has 2 N–H and O–H groups in total. The van der Waals surface area contributed by atoms with Crippen LogP contribution in [0.15, 0.2) is 6.07 Å². The van der Waals surface area contributed by atoms with Crippen LogP contribution in [0.4, 0.5) is 0 Å². The van der Waals surface area contributed by atoms with Crippen LogP contribution in [-0.2, 0) is 13.6 Å². The predicted molar refractivity (Wildman–Crippen MR) is 46.7 cm³/mol. The predicted octanol–water partition coefficient (Wildman–Crippen LogP) is -0.190. The largest absolute Gasteiger partial charge is 0.395 e. The molecule has 0 atom stereocenters. The molecular formula is C8H15N3O. The van der Waals surface area contributed by atoms with Crippen molar-refractivity contribution < 1.29 is 5.11 Å². The number of nitrogens with one attached hydrogen (secondary N) is 1. The maximum Gasteiger partial charge on any atom is 0.0597 e. The van der Waals surface area contributed by atoms with Crippen LogP contribution in [0.1, 0.15) is 11.4 Å². The summed E-state index contributed by atoms with van der Waals surface area (Å²) < 4.78 is 1.85. The minimum Gasteiger partial charge on any atom is -0.395 e. The number of aryl methyl sites for hydroxylation is 2. The summed E-state index contributed by atoms with van der Waals surface area (Å²) in [6, 6.07) is 2.03. The second-order valence-electron chi connectivity index (χ2n) is 2.80. The molecule has 0 aliphatic rings. The molecule has 0 spiro atoms. The summed E-state index contributed by atoms with van der Waals surface area (Å²) in [5.74, 6) is 0. The maximum absolute atomic E-state index is 8.53. The molecule has 1 aromatic heterocycles. The minimum absolute atomic E-state index is 0.177. The average Bonchev–Trinajstić information content (AvgIpc) is 2.31. The second kappa shape index (κ2) is 4.23. The molecule has 0 aliphatic heterocycles. The van der Waals surface area contributed by atoms with Crippen LogP contribution >= 0.6 is 0 Å². The summed E-state index contributed by atoms with van der Waals surface area (Å²) in [7, 11) is 1.92. The van der Waals surface area contributed by atoms with Crippen LogP contribution in [0.2, 0.25) is 0 Å². The van der Waals surface area contributed by atoms with Crippen molar-refractivity contribution >= 4 is 0 Å². The number of rotatable bonds is 4. The van der Waals surface area contributed by atoms with Crippen LogP contribution in [0.5, 0.6) is 0 Å². The van der Waals surface area contributed by atoms with Crippen molar-refractivity contribution in [1.82, 2.24) is 15.1 Å².